The van der Waals surface area contributed by atoms with E-state index in [1.807, 2.05) is 175 Å². The summed E-state index contributed by atoms with van der Waals surface area (Å²) in [6.07, 6.45) is 57.2. The van der Waals surface area contributed by atoms with Gasteiger partial charge in [0, 0.05) is 0 Å². The Bertz CT molecular complexity index is 98.7. The summed E-state index contributed by atoms with van der Waals surface area (Å²) in [4.78, 5) is 0. The molecule has 0 nitrogen and oxygen atoms in total. The highest BCUT2D eigenvalue weighted by molar-refractivity contribution is 8.00. The van der Waals surface area contributed by atoms with Crippen LogP contribution < -0.4 is 0 Å². The van der Waals surface area contributed by atoms with Crippen LogP contribution in [0.15, 0.2) is 0 Å². The Labute approximate surface area is 439 Å². The molecule has 56 heavy (non-hydrogen) atoms. The van der Waals surface area contributed by atoms with Gasteiger partial charge in [0.1, 0.15) is 0 Å². The predicted molar refractivity (Wildman–Crippen MR) is 366 cm³/mol. The highest BCUT2D eigenvalue weighted by atomic mass is 32.2. The molecule has 0 saturated heterocycles. The molecule has 0 aromatic heterocycles. The van der Waals surface area contributed by atoms with Crippen LogP contribution >= 0.6 is 165 Å². The molecule has 0 atom stereocenters. The van der Waals surface area contributed by atoms with Crippen LogP contribution in [0.1, 0.15) is 104 Å². The molecule has 0 saturated carbocycles. The van der Waals surface area contributed by atoms with Crippen LogP contribution in [0.4, 0.5) is 0 Å². The van der Waals surface area contributed by atoms with Crippen LogP contribution in [-0.2, 0) is 0 Å². The quantitative estimate of drug-likeness (QED) is 0.226. The number of thioether (sulfide) groups is 14. The molecule has 0 fully saturated rings. The highest BCUT2D eigenvalue weighted by Crippen LogP contribution is 1.74. The molecule has 14 heteroatoms. The lowest BCUT2D eigenvalue weighted by Gasteiger charge is -1.51. The second-order valence-electron chi connectivity index (χ2n) is 5.72. The Morgan fingerprint density at radius 3 is 0.0893 bits per heavy atom. The van der Waals surface area contributed by atoms with Gasteiger partial charge < -0.3 is 0 Å². The Morgan fingerprint density at radius 2 is 0.0893 bits per heavy atom. The van der Waals surface area contributed by atoms with Gasteiger partial charge in [-0.2, -0.15) is 165 Å². The Hall–Kier alpha value is 4.90. The van der Waals surface area contributed by atoms with E-state index in [0.29, 0.717) is 0 Å². The second-order valence-corrected chi connectivity index (χ2v) is 17.1. The first kappa shape index (κ1) is 202. The summed E-state index contributed by atoms with van der Waals surface area (Å²) >= 11 is 24.5. The number of rotatable bonds is 0. The summed E-state index contributed by atoms with van der Waals surface area (Å²) < 4.78 is 0. The van der Waals surface area contributed by atoms with Gasteiger partial charge in [-0.3, -0.25) is 0 Å². The topological polar surface area (TPSA) is 0 Å². The van der Waals surface area contributed by atoms with Gasteiger partial charge in [-0.25, -0.2) is 0 Å². The van der Waals surface area contributed by atoms with Crippen molar-refractivity contribution in [2.75, 3.05) is 175 Å². The molecule has 392 valence electrons. The average molecular weight is 1090 g/mol. The maximum atomic E-state index is 2.04. The Balaban J connectivity index is -0.00000000569. The van der Waals surface area contributed by atoms with Gasteiger partial charge in [0.15, 0.2) is 0 Å². The van der Waals surface area contributed by atoms with E-state index in [0.717, 1.165) is 0 Å². The normalized spacial score (nSPS) is 4.50. The maximum Gasteiger partial charge on any atom is -0.0187 e. The van der Waals surface area contributed by atoms with Crippen molar-refractivity contribution in [2.24, 2.45) is 0 Å². The zero-order valence-corrected chi connectivity index (χ0v) is 45.1. The van der Waals surface area contributed by atoms with Gasteiger partial charge in [-0.1, -0.05) is 104 Å². The molecule has 0 radical (unpaired) electrons. The molecule has 0 aromatic carbocycles. The number of hydrogen-bond donors (Lipinski definition) is 0. The van der Waals surface area contributed by atoms with Crippen molar-refractivity contribution in [3.8, 4) is 0 Å². The summed E-state index contributed by atoms with van der Waals surface area (Å²) in [6.45, 7) is 0. The molecule has 0 aromatic rings. The first-order valence-electron chi connectivity index (χ1n) is 11.4. The standard InChI is InChI=1S/14C2H6S.14CH4/c14*1-3-2;;;;;;;;;;;;;;/h14*1-2H3;14*1H4. The summed E-state index contributed by atoms with van der Waals surface area (Å²) in [5.74, 6) is 0. The predicted octanol–water partition coefficient (Wildman–Crippen LogP) is 22.6. The molecule has 0 N–H and O–H groups in total. The third kappa shape index (κ3) is 8220. The molecule has 0 aliphatic rings. The van der Waals surface area contributed by atoms with Crippen molar-refractivity contribution < 1.29 is 0 Å². The first-order valence-corrected chi connectivity index (χ1v) is 34.3. The van der Waals surface area contributed by atoms with Gasteiger partial charge in [-0.15, -0.1) is 0 Å². The molecule has 0 aliphatic heterocycles. The van der Waals surface area contributed by atoms with Gasteiger partial charge in [0.05, 0.1) is 0 Å². The molecule has 0 heterocycles. The van der Waals surface area contributed by atoms with E-state index < -0.39 is 0 Å². The molecule has 0 rings (SSSR count). The summed E-state index contributed by atoms with van der Waals surface area (Å²) in [6, 6.07) is 0. The zero-order valence-electron chi connectivity index (χ0n) is 33.7. The van der Waals surface area contributed by atoms with Crippen LogP contribution in [-0.4, -0.2) is 175 Å². The van der Waals surface area contributed by atoms with E-state index >= 15 is 0 Å². The van der Waals surface area contributed by atoms with Crippen molar-refractivity contribution in [3.05, 3.63) is 0 Å². The van der Waals surface area contributed by atoms with Crippen LogP contribution in [0.5, 0.6) is 0 Å². The fraction of sp³-hybridized carbons (Fsp3) is 1.00. The smallest absolute Gasteiger partial charge is 0.0187 e. The van der Waals surface area contributed by atoms with E-state index in [2.05, 4.69) is 0 Å². The van der Waals surface area contributed by atoms with Crippen LogP contribution in [0.25, 0.3) is 0 Å². The SMILES string of the molecule is C.C.C.C.C.C.C.C.C.C.C.C.C.C.CSC.CSC.CSC.CSC.CSC.CSC.CSC.CSC.CSC.CSC.CSC.CSC.CSC.CSC. The van der Waals surface area contributed by atoms with Gasteiger partial charge in [0.2, 0.25) is 0 Å². The lowest BCUT2D eigenvalue weighted by Crippen LogP contribution is -1.25. The van der Waals surface area contributed by atoms with E-state index in [1.165, 1.54) is 0 Å². The van der Waals surface area contributed by atoms with Crippen molar-refractivity contribution in [1.29, 1.82) is 0 Å². The van der Waals surface area contributed by atoms with E-state index in [1.54, 1.807) is 165 Å². The monoisotopic (exact) mass is 1090 g/mol. The van der Waals surface area contributed by atoms with Crippen LogP contribution in [0.3, 0.4) is 0 Å². The van der Waals surface area contributed by atoms with Crippen LogP contribution in [0, 0.1) is 0 Å². The fourth-order valence-corrected chi connectivity index (χ4v) is 0. The first-order chi connectivity index (χ1) is 19.8. The lowest BCUT2D eigenvalue weighted by atomic mass is 11.9. The Morgan fingerprint density at radius 1 is 0.0893 bits per heavy atom. The van der Waals surface area contributed by atoms with Gasteiger partial charge in [0.25, 0.3) is 0 Å². The van der Waals surface area contributed by atoms with Gasteiger partial charge >= 0.3 is 0 Å². The summed E-state index contributed by atoms with van der Waals surface area (Å²) in [5.41, 5.74) is 0. The minimum Gasteiger partial charge on any atom is -0.169 e. The molecular formula is C42H140S14. The maximum absolute atomic E-state index is 2.04. The van der Waals surface area contributed by atoms with Crippen molar-refractivity contribution in [3.63, 3.8) is 0 Å². The van der Waals surface area contributed by atoms with E-state index in [9.17, 15) is 0 Å². The Kier molecular flexibility index (Phi) is 2100. The van der Waals surface area contributed by atoms with Gasteiger partial charge in [-0.05, 0) is 175 Å². The largest absolute Gasteiger partial charge is 0.169 e. The lowest BCUT2D eigenvalue weighted by molar-refractivity contribution is 2.37. The minimum atomic E-state index is 0. The van der Waals surface area contributed by atoms with E-state index in [4.69, 9.17) is 0 Å². The molecule has 0 amide bonds. The van der Waals surface area contributed by atoms with Crippen molar-refractivity contribution in [1.82, 2.24) is 0 Å². The number of hydrogen-bond acceptors (Lipinski definition) is 14. The highest BCUT2D eigenvalue weighted by Gasteiger charge is 1.36. The van der Waals surface area contributed by atoms with Crippen molar-refractivity contribution in [2.45, 2.75) is 104 Å². The molecule has 0 aliphatic carbocycles. The van der Waals surface area contributed by atoms with E-state index in [-0.39, 0.29) is 104 Å². The molecule has 0 unspecified atom stereocenters. The molecule has 0 spiro atoms. The zero-order chi connectivity index (χ0) is 37.9. The average Bonchev–Trinajstić information content (AvgIpc) is 2.86. The summed E-state index contributed by atoms with van der Waals surface area (Å²) in [5, 5.41) is 0. The van der Waals surface area contributed by atoms with Crippen molar-refractivity contribution >= 4 is 165 Å². The molecule has 0 bridgehead atoms. The second kappa shape index (κ2) is 582. The minimum absolute atomic E-state index is 0. The molecular weight excluding hydrogens is 953 g/mol. The fourth-order valence-electron chi connectivity index (χ4n) is 0. The third-order valence-electron chi connectivity index (χ3n) is 0. The summed E-state index contributed by atoms with van der Waals surface area (Å²) in [7, 11) is 0. The third-order valence-corrected chi connectivity index (χ3v) is 0. The van der Waals surface area contributed by atoms with Crippen LogP contribution in [0.2, 0.25) is 0 Å².